The van der Waals surface area contributed by atoms with Crippen LogP contribution in [0.3, 0.4) is 0 Å². The lowest BCUT2D eigenvalue weighted by Crippen LogP contribution is -2.16. The first-order valence-corrected chi connectivity index (χ1v) is 7.84. The highest BCUT2D eigenvalue weighted by Crippen LogP contribution is 2.34. The van der Waals surface area contributed by atoms with Crippen LogP contribution in [0.4, 0.5) is 8.78 Å². The zero-order chi connectivity index (χ0) is 14.9. The van der Waals surface area contributed by atoms with Crippen LogP contribution in [-0.4, -0.2) is 5.76 Å². The van der Waals surface area contributed by atoms with Crippen molar-refractivity contribution in [2.45, 2.75) is 43.2 Å². The van der Waals surface area contributed by atoms with E-state index in [2.05, 4.69) is 0 Å². The van der Waals surface area contributed by atoms with Gasteiger partial charge in [0, 0.05) is 11.1 Å². The summed E-state index contributed by atoms with van der Waals surface area (Å²) in [7, 11) is -1.18. The third-order valence-electron chi connectivity index (χ3n) is 3.34. The smallest absolute Gasteiger partial charge is 0.156 e. The summed E-state index contributed by atoms with van der Waals surface area (Å²) in [5.41, 5.74) is 3.91. The lowest BCUT2D eigenvalue weighted by Gasteiger charge is -2.12. The lowest BCUT2D eigenvalue weighted by atomic mass is 10.2. The molecule has 0 saturated carbocycles. The van der Waals surface area contributed by atoms with Gasteiger partial charge >= 0.3 is 5.76 Å². The summed E-state index contributed by atoms with van der Waals surface area (Å²) in [4.78, 5) is 1.52. The average molecular weight is 293 g/mol. The van der Waals surface area contributed by atoms with Gasteiger partial charge in [0.05, 0.1) is 0 Å². The Morgan fingerprint density at radius 1 is 0.750 bits per heavy atom. The van der Waals surface area contributed by atoms with Gasteiger partial charge in [-0.15, -0.1) is 0 Å². The van der Waals surface area contributed by atoms with Crippen molar-refractivity contribution in [3.63, 3.8) is 0 Å². The van der Waals surface area contributed by atoms with Gasteiger partial charge in [-0.25, -0.2) is 0 Å². The summed E-state index contributed by atoms with van der Waals surface area (Å²) in [6, 6.07) is 11.6. The summed E-state index contributed by atoms with van der Waals surface area (Å²) in [5, 5.41) is 0. The van der Waals surface area contributed by atoms with Gasteiger partial charge < -0.3 is 0 Å². The van der Waals surface area contributed by atoms with Crippen molar-refractivity contribution in [3.8, 4) is 0 Å². The highest BCUT2D eigenvalue weighted by atomic mass is 32.2. The highest BCUT2D eigenvalue weighted by Gasteiger charge is 2.38. The molecule has 0 spiro atoms. The SMILES string of the molecule is Cc1ccc(C)c([S+](c2cc(C)ccc2C)C(F)F)c1. The van der Waals surface area contributed by atoms with Crippen molar-refractivity contribution in [1.29, 1.82) is 0 Å². The largest absolute Gasteiger partial charge is 0.409 e. The molecule has 3 heteroatoms. The van der Waals surface area contributed by atoms with E-state index < -0.39 is 16.7 Å². The van der Waals surface area contributed by atoms with E-state index in [1.165, 1.54) is 0 Å². The second kappa shape index (κ2) is 5.96. The van der Waals surface area contributed by atoms with Gasteiger partial charge in [-0.3, -0.25) is 0 Å². The maximum atomic E-state index is 13.7. The number of hydrogen-bond acceptors (Lipinski definition) is 0. The molecule has 0 saturated heterocycles. The zero-order valence-corrected chi connectivity index (χ0v) is 13.0. The molecule has 0 aliphatic heterocycles. The second-order valence-electron chi connectivity index (χ2n) is 5.14. The number of hydrogen-bond donors (Lipinski definition) is 0. The molecule has 0 amide bonds. The van der Waals surface area contributed by atoms with E-state index in [4.69, 9.17) is 0 Å². The van der Waals surface area contributed by atoms with Gasteiger partial charge in [-0.1, -0.05) is 24.3 Å². The van der Waals surface area contributed by atoms with Crippen molar-refractivity contribution in [1.82, 2.24) is 0 Å². The fraction of sp³-hybridized carbons (Fsp3) is 0.294. The van der Waals surface area contributed by atoms with E-state index in [1.54, 1.807) is 0 Å². The monoisotopic (exact) mass is 293 g/mol. The minimum Gasteiger partial charge on any atom is -0.156 e. The molecule has 0 unspecified atom stereocenters. The number of halogens is 2. The van der Waals surface area contributed by atoms with Crippen molar-refractivity contribution in [3.05, 3.63) is 58.7 Å². The molecule has 0 aliphatic carbocycles. The number of rotatable bonds is 3. The Morgan fingerprint density at radius 2 is 1.15 bits per heavy atom. The average Bonchev–Trinajstić information content (AvgIpc) is 2.37. The fourth-order valence-corrected chi connectivity index (χ4v) is 4.28. The van der Waals surface area contributed by atoms with Crippen molar-refractivity contribution < 1.29 is 8.78 Å². The first-order valence-electron chi connectivity index (χ1n) is 6.56. The first kappa shape index (κ1) is 15.0. The van der Waals surface area contributed by atoms with Crippen LogP contribution >= 0.6 is 0 Å². The van der Waals surface area contributed by atoms with Crippen LogP contribution in [0, 0.1) is 27.7 Å². The Labute approximate surface area is 122 Å². The van der Waals surface area contributed by atoms with Crippen molar-refractivity contribution in [2.75, 3.05) is 0 Å². The van der Waals surface area contributed by atoms with Gasteiger partial charge in [0.25, 0.3) is 0 Å². The van der Waals surface area contributed by atoms with Gasteiger partial charge in [-0.2, -0.15) is 8.78 Å². The fourth-order valence-electron chi connectivity index (χ4n) is 2.20. The molecule has 0 N–H and O–H groups in total. The van der Waals surface area contributed by atoms with Crippen LogP contribution in [0.2, 0.25) is 0 Å². The van der Waals surface area contributed by atoms with Crippen LogP contribution in [0.5, 0.6) is 0 Å². The molecule has 0 aromatic heterocycles. The summed E-state index contributed by atoms with van der Waals surface area (Å²) in [6.45, 7) is 7.70. The van der Waals surface area contributed by atoms with E-state index in [9.17, 15) is 8.78 Å². The molecule has 0 radical (unpaired) electrons. The molecule has 0 fully saturated rings. The quantitative estimate of drug-likeness (QED) is 0.684. The molecule has 106 valence electrons. The summed E-state index contributed by atoms with van der Waals surface area (Å²) < 4.78 is 27.4. The van der Waals surface area contributed by atoms with Gasteiger partial charge in [0.15, 0.2) is 9.79 Å². The van der Waals surface area contributed by atoms with Crippen LogP contribution in [0.15, 0.2) is 46.2 Å². The summed E-state index contributed by atoms with van der Waals surface area (Å²) in [6.07, 6.45) is 0. The van der Waals surface area contributed by atoms with Gasteiger partial charge in [0.2, 0.25) is 0 Å². The molecule has 0 atom stereocenters. The van der Waals surface area contributed by atoms with Crippen LogP contribution in [0.1, 0.15) is 22.3 Å². The Morgan fingerprint density at radius 3 is 1.50 bits per heavy atom. The Bertz CT molecular complexity index is 569. The minimum absolute atomic E-state index is 0.758. The third-order valence-corrected chi connectivity index (χ3v) is 5.52. The standard InChI is InChI=1S/C17H19F2S/c1-11-5-7-13(3)15(9-11)20(17(18)19)16-10-12(2)6-8-14(16)4/h5-10,17H,1-4H3/q+1. The van der Waals surface area contributed by atoms with Crippen LogP contribution in [0.25, 0.3) is 0 Å². The maximum Gasteiger partial charge on any atom is 0.409 e. The van der Waals surface area contributed by atoms with E-state index in [-0.39, 0.29) is 0 Å². The number of benzene rings is 2. The molecule has 2 aromatic rings. The predicted molar refractivity (Wildman–Crippen MR) is 81.7 cm³/mol. The number of alkyl halides is 2. The first-order chi connectivity index (χ1) is 9.40. The second-order valence-corrected chi connectivity index (χ2v) is 7.05. The van der Waals surface area contributed by atoms with Crippen LogP contribution < -0.4 is 0 Å². The third kappa shape index (κ3) is 3.04. The van der Waals surface area contributed by atoms with Crippen LogP contribution in [-0.2, 0) is 10.9 Å². The van der Waals surface area contributed by atoms with E-state index in [0.717, 1.165) is 32.0 Å². The van der Waals surface area contributed by atoms with E-state index in [0.29, 0.717) is 0 Å². The van der Waals surface area contributed by atoms with E-state index in [1.807, 2.05) is 64.1 Å². The Hall–Kier alpha value is -1.35. The molecule has 0 aliphatic rings. The van der Waals surface area contributed by atoms with E-state index >= 15 is 0 Å². The summed E-state index contributed by atoms with van der Waals surface area (Å²) >= 11 is 0. The molecule has 20 heavy (non-hydrogen) atoms. The molecule has 2 rings (SSSR count). The van der Waals surface area contributed by atoms with Gasteiger partial charge in [0.1, 0.15) is 10.9 Å². The molecule has 0 heterocycles. The topological polar surface area (TPSA) is 0 Å². The molecular weight excluding hydrogens is 274 g/mol. The normalized spacial score (nSPS) is 11.4. The Balaban J connectivity index is 2.62. The lowest BCUT2D eigenvalue weighted by molar-refractivity contribution is 0.247. The molecule has 0 nitrogen and oxygen atoms in total. The zero-order valence-electron chi connectivity index (χ0n) is 12.2. The number of aryl methyl sites for hydroxylation is 4. The predicted octanol–water partition coefficient (Wildman–Crippen LogP) is 5.18. The molecular formula is C17H19F2S+. The minimum atomic E-state index is -2.38. The summed E-state index contributed by atoms with van der Waals surface area (Å²) in [5.74, 6) is -2.38. The molecule has 2 aromatic carbocycles. The maximum absolute atomic E-state index is 13.7. The highest BCUT2D eigenvalue weighted by molar-refractivity contribution is 7.97. The van der Waals surface area contributed by atoms with Gasteiger partial charge in [-0.05, 0) is 51.0 Å². The van der Waals surface area contributed by atoms with Crippen molar-refractivity contribution >= 4 is 10.9 Å². The van der Waals surface area contributed by atoms with Crippen molar-refractivity contribution in [2.24, 2.45) is 0 Å². The molecule has 0 bridgehead atoms. The Kier molecular flexibility index (Phi) is 4.48.